The summed E-state index contributed by atoms with van der Waals surface area (Å²) in [7, 11) is 1.99. The van der Waals surface area contributed by atoms with Crippen LogP contribution < -0.4 is 5.32 Å². The molecule has 4 heteroatoms. The van der Waals surface area contributed by atoms with E-state index in [9.17, 15) is 9.50 Å². The van der Waals surface area contributed by atoms with Crippen LogP contribution in [0.15, 0.2) is 18.2 Å². The third-order valence-electron chi connectivity index (χ3n) is 3.18. The number of nitrogens with zero attached hydrogens (tertiary/aromatic N) is 1. The fraction of sp³-hybridized carbons (Fsp3) is 0.538. The topological polar surface area (TPSA) is 35.5 Å². The van der Waals surface area contributed by atoms with Crippen molar-refractivity contribution in [3.05, 3.63) is 29.6 Å². The van der Waals surface area contributed by atoms with Crippen LogP contribution in [0.3, 0.4) is 0 Å². The molecular weight excluding hydrogens is 219 g/mol. The predicted octanol–water partition coefficient (Wildman–Crippen LogP) is 1.72. The summed E-state index contributed by atoms with van der Waals surface area (Å²) >= 11 is 0. The normalized spacial score (nSPS) is 20.1. The van der Waals surface area contributed by atoms with Gasteiger partial charge in [0.05, 0.1) is 0 Å². The number of nitrogens with one attached hydrogen (secondary N) is 1. The molecule has 0 radical (unpaired) electrons. The Kier molecular flexibility index (Phi) is 3.97. The van der Waals surface area contributed by atoms with E-state index in [-0.39, 0.29) is 11.6 Å². The van der Waals surface area contributed by atoms with E-state index in [0.717, 1.165) is 13.1 Å². The minimum absolute atomic E-state index is 0.164. The lowest BCUT2D eigenvalue weighted by molar-refractivity contribution is 0.288. The summed E-state index contributed by atoms with van der Waals surface area (Å²) in [6.45, 7) is 2.58. The largest absolute Gasteiger partial charge is 0.508 e. The molecule has 2 N–H and O–H groups in total. The third kappa shape index (κ3) is 3.41. The van der Waals surface area contributed by atoms with E-state index in [1.165, 1.54) is 31.0 Å². The molecule has 1 atom stereocenters. The quantitative estimate of drug-likeness (QED) is 0.838. The van der Waals surface area contributed by atoms with Crippen LogP contribution in [0.4, 0.5) is 4.39 Å². The Morgan fingerprint density at radius 1 is 1.53 bits per heavy atom. The predicted molar refractivity (Wildman–Crippen MR) is 65.4 cm³/mol. The minimum Gasteiger partial charge on any atom is -0.508 e. The van der Waals surface area contributed by atoms with Crippen LogP contribution in [-0.4, -0.2) is 36.2 Å². The highest BCUT2D eigenvalue weighted by atomic mass is 19.1. The molecule has 1 heterocycles. The number of hydrogen-bond donors (Lipinski definition) is 2. The number of likely N-dealkylation sites (N-methyl/N-ethyl adjacent to an activating group) is 1. The average Bonchev–Trinajstić information content (AvgIpc) is 2.76. The fourth-order valence-corrected chi connectivity index (χ4v) is 2.32. The van der Waals surface area contributed by atoms with Crippen LogP contribution >= 0.6 is 0 Å². The number of phenols is 1. The van der Waals surface area contributed by atoms with Gasteiger partial charge in [-0.05, 0) is 44.6 Å². The Balaban J connectivity index is 1.92. The molecule has 0 saturated carbocycles. The van der Waals surface area contributed by atoms with Gasteiger partial charge >= 0.3 is 0 Å². The first-order chi connectivity index (χ1) is 8.15. The second-order valence-electron chi connectivity index (χ2n) is 4.76. The van der Waals surface area contributed by atoms with Gasteiger partial charge in [-0.3, -0.25) is 0 Å². The van der Waals surface area contributed by atoms with Gasteiger partial charge in [0.15, 0.2) is 0 Å². The van der Waals surface area contributed by atoms with Gasteiger partial charge in [-0.25, -0.2) is 4.39 Å². The number of aromatic hydroxyl groups is 1. The molecule has 94 valence electrons. The first kappa shape index (κ1) is 12.3. The van der Waals surface area contributed by atoms with E-state index >= 15 is 0 Å². The summed E-state index contributed by atoms with van der Waals surface area (Å²) in [6.07, 6.45) is 2.42. The maximum atomic E-state index is 13.1. The standard InChI is InChI=1S/C13H19FN2O/c1-16(9-12-3-2-6-15-12)8-10-7-11(14)4-5-13(10)17/h4-5,7,12,15,17H,2-3,6,8-9H2,1H3. The van der Waals surface area contributed by atoms with Crippen LogP contribution in [0.1, 0.15) is 18.4 Å². The van der Waals surface area contributed by atoms with Gasteiger partial charge in [0.2, 0.25) is 0 Å². The Morgan fingerprint density at radius 2 is 2.35 bits per heavy atom. The summed E-state index contributed by atoms with van der Waals surface area (Å²) in [4.78, 5) is 2.11. The SMILES string of the molecule is CN(Cc1cc(F)ccc1O)CC1CCCN1. The maximum absolute atomic E-state index is 13.1. The first-order valence-electron chi connectivity index (χ1n) is 6.04. The van der Waals surface area contributed by atoms with Crippen molar-refractivity contribution < 1.29 is 9.50 Å². The van der Waals surface area contributed by atoms with Crippen molar-refractivity contribution in [2.75, 3.05) is 20.1 Å². The average molecular weight is 238 g/mol. The van der Waals surface area contributed by atoms with Crippen molar-refractivity contribution in [1.82, 2.24) is 10.2 Å². The van der Waals surface area contributed by atoms with E-state index in [1.807, 2.05) is 7.05 Å². The maximum Gasteiger partial charge on any atom is 0.123 e. The highest BCUT2D eigenvalue weighted by molar-refractivity contribution is 5.32. The molecule has 0 bridgehead atoms. The van der Waals surface area contributed by atoms with Gasteiger partial charge in [0.1, 0.15) is 11.6 Å². The molecule has 1 aliphatic heterocycles. The third-order valence-corrected chi connectivity index (χ3v) is 3.18. The molecule has 1 unspecified atom stereocenters. The van der Waals surface area contributed by atoms with Crippen LogP contribution in [0.2, 0.25) is 0 Å². The Morgan fingerprint density at radius 3 is 3.06 bits per heavy atom. The smallest absolute Gasteiger partial charge is 0.123 e. The number of benzene rings is 1. The zero-order valence-electron chi connectivity index (χ0n) is 10.1. The molecular formula is C13H19FN2O. The first-order valence-corrected chi connectivity index (χ1v) is 6.04. The zero-order chi connectivity index (χ0) is 12.3. The Hall–Kier alpha value is -1.13. The van der Waals surface area contributed by atoms with E-state index < -0.39 is 0 Å². The van der Waals surface area contributed by atoms with Crippen molar-refractivity contribution in [3.8, 4) is 5.75 Å². The van der Waals surface area contributed by atoms with Gasteiger partial charge in [0, 0.05) is 24.7 Å². The van der Waals surface area contributed by atoms with Crippen molar-refractivity contribution in [1.29, 1.82) is 0 Å². The second-order valence-corrected chi connectivity index (χ2v) is 4.76. The number of rotatable bonds is 4. The molecule has 2 rings (SSSR count). The number of hydrogen-bond acceptors (Lipinski definition) is 3. The minimum atomic E-state index is -0.301. The Bertz CT molecular complexity index is 378. The lowest BCUT2D eigenvalue weighted by Gasteiger charge is -2.21. The molecule has 1 aromatic carbocycles. The summed E-state index contributed by atoms with van der Waals surface area (Å²) < 4.78 is 13.1. The van der Waals surface area contributed by atoms with Gasteiger partial charge in [0.25, 0.3) is 0 Å². The van der Waals surface area contributed by atoms with E-state index in [4.69, 9.17) is 0 Å². The molecule has 17 heavy (non-hydrogen) atoms. The van der Waals surface area contributed by atoms with Crippen molar-refractivity contribution in [3.63, 3.8) is 0 Å². The van der Waals surface area contributed by atoms with Gasteiger partial charge in [-0.15, -0.1) is 0 Å². The summed E-state index contributed by atoms with van der Waals surface area (Å²) in [5, 5.41) is 13.1. The van der Waals surface area contributed by atoms with Crippen LogP contribution in [0.5, 0.6) is 5.75 Å². The highest BCUT2D eigenvalue weighted by Crippen LogP contribution is 2.19. The van der Waals surface area contributed by atoms with Crippen LogP contribution in [0.25, 0.3) is 0 Å². The number of phenolic OH excluding ortho intramolecular Hbond substituents is 1. The molecule has 0 amide bonds. The Labute approximate surface area is 101 Å². The number of halogens is 1. The lowest BCUT2D eigenvalue weighted by Crippen LogP contribution is -2.34. The lowest BCUT2D eigenvalue weighted by atomic mass is 10.1. The fourth-order valence-electron chi connectivity index (χ4n) is 2.32. The van der Waals surface area contributed by atoms with Gasteiger partial charge < -0.3 is 15.3 Å². The van der Waals surface area contributed by atoms with E-state index in [0.29, 0.717) is 18.2 Å². The van der Waals surface area contributed by atoms with E-state index in [2.05, 4.69) is 10.2 Å². The van der Waals surface area contributed by atoms with Gasteiger partial charge in [-0.1, -0.05) is 0 Å². The second kappa shape index (κ2) is 5.47. The highest BCUT2D eigenvalue weighted by Gasteiger charge is 2.16. The van der Waals surface area contributed by atoms with E-state index in [1.54, 1.807) is 0 Å². The monoisotopic (exact) mass is 238 g/mol. The molecule has 1 aliphatic rings. The van der Waals surface area contributed by atoms with Gasteiger partial charge in [-0.2, -0.15) is 0 Å². The zero-order valence-corrected chi connectivity index (χ0v) is 10.1. The van der Waals surface area contributed by atoms with Crippen LogP contribution in [0, 0.1) is 5.82 Å². The molecule has 0 aromatic heterocycles. The molecule has 0 aliphatic carbocycles. The summed E-state index contributed by atoms with van der Waals surface area (Å²) in [6, 6.07) is 4.60. The van der Waals surface area contributed by atoms with Crippen molar-refractivity contribution >= 4 is 0 Å². The summed E-state index contributed by atoms with van der Waals surface area (Å²) in [5.41, 5.74) is 0.644. The summed E-state index contributed by atoms with van der Waals surface area (Å²) in [5.74, 6) is -0.136. The molecule has 1 fully saturated rings. The van der Waals surface area contributed by atoms with Crippen molar-refractivity contribution in [2.45, 2.75) is 25.4 Å². The van der Waals surface area contributed by atoms with Crippen molar-refractivity contribution in [2.24, 2.45) is 0 Å². The molecule has 3 nitrogen and oxygen atoms in total. The molecule has 1 aromatic rings. The van der Waals surface area contributed by atoms with Crippen LogP contribution in [-0.2, 0) is 6.54 Å². The molecule has 0 spiro atoms. The molecule has 1 saturated heterocycles.